The second-order valence-corrected chi connectivity index (χ2v) is 8.89. The molecule has 0 saturated carbocycles. The van der Waals surface area contributed by atoms with Crippen LogP contribution in [-0.2, 0) is 4.74 Å². The van der Waals surface area contributed by atoms with Crippen molar-refractivity contribution < 1.29 is 14.6 Å². The molecule has 9 heteroatoms. The first-order valence-electron chi connectivity index (χ1n) is 9.50. The third-order valence-electron chi connectivity index (χ3n) is 5.73. The van der Waals surface area contributed by atoms with Crippen molar-refractivity contribution >= 4 is 28.3 Å². The number of carbonyl (C=O) groups excluding carboxylic acids is 1. The molecule has 4 rings (SSSR count). The molecule has 0 radical (unpaired) electrons. The van der Waals surface area contributed by atoms with Gasteiger partial charge < -0.3 is 19.6 Å². The van der Waals surface area contributed by atoms with E-state index in [0.717, 1.165) is 54.9 Å². The summed E-state index contributed by atoms with van der Waals surface area (Å²) in [6.45, 7) is 5.23. The van der Waals surface area contributed by atoms with Crippen molar-refractivity contribution in [3.8, 4) is 0 Å². The summed E-state index contributed by atoms with van der Waals surface area (Å²) in [5, 5.41) is 20.7. The van der Waals surface area contributed by atoms with E-state index in [9.17, 15) is 9.90 Å². The van der Waals surface area contributed by atoms with E-state index in [4.69, 9.17) is 4.74 Å². The molecule has 2 aliphatic rings. The molecule has 28 heavy (non-hydrogen) atoms. The SMILES string of the molecule is COC(=O)c1ccc(N2CCC3(CC2)CC(O)CN(c2nnc(C)s2)C3)nc1. The van der Waals surface area contributed by atoms with Gasteiger partial charge in [0, 0.05) is 32.4 Å². The molecule has 2 aromatic heterocycles. The Labute approximate surface area is 168 Å². The molecular formula is C19H25N5O3S. The fraction of sp³-hybridized carbons (Fsp3) is 0.579. The predicted molar refractivity (Wildman–Crippen MR) is 107 cm³/mol. The summed E-state index contributed by atoms with van der Waals surface area (Å²) in [4.78, 5) is 20.4. The normalized spacial score (nSPS) is 21.8. The smallest absolute Gasteiger partial charge is 0.339 e. The van der Waals surface area contributed by atoms with Crippen LogP contribution in [-0.4, -0.2) is 65.6 Å². The zero-order valence-electron chi connectivity index (χ0n) is 16.2. The Morgan fingerprint density at radius 3 is 2.68 bits per heavy atom. The van der Waals surface area contributed by atoms with Gasteiger partial charge in [-0.2, -0.15) is 0 Å². The zero-order chi connectivity index (χ0) is 19.7. The maximum atomic E-state index is 11.6. The molecule has 0 aliphatic carbocycles. The Morgan fingerprint density at radius 1 is 1.29 bits per heavy atom. The number of aryl methyl sites for hydroxylation is 1. The maximum absolute atomic E-state index is 11.6. The summed E-state index contributed by atoms with van der Waals surface area (Å²) in [5.41, 5.74) is 0.540. The van der Waals surface area contributed by atoms with Crippen LogP contribution in [0.1, 0.15) is 34.6 Å². The van der Waals surface area contributed by atoms with Crippen molar-refractivity contribution in [2.75, 3.05) is 43.1 Å². The molecule has 0 aromatic carbocycles. The highest BCUT2D eigenvalue weighted by atomic mass is 32.1. The summed E-state index contributed by atoms with van der Waals surface area (Å²) in [5.74, 6) is 0.496. The lowest BCUT2D eigenvalue weighted by Crippen LogP contribution is -2.54. The molecule has 1 N–H and O–H groups in total. The molecule has 2 aliphatic heterocycles. The third kappa shape index (κ3) is 3.81. The lowest BCUT2D eigenvalue weighted by atomic mass is 9.71. The highest BCUT2D eigenvalue weighted by Gasteiger charge is 2.42. The summed E-state index contributed by atoms with van der Waals surface area (Å²) in [6, 6.07) is 3.62. The lowest BCUT2D eigenvalue weighted by molar-refractivity contribution is 0.0595. The van der Waals surface area contributed by atoms with Crippen LogP contribution in [0, 0.1) is 12.3 Å². The summed E-state index contributed by atoms with van der Waals surface area (Å²) in [7, 11) is 1.37. The highest BCUT2D eigenvalue weighted by molar-refractivity contribution is 7.15. The number of anilines is 2. The van der Waals surface area contributed by atoms with Gasteiger partial charge in [0.15, 0.2) is 0 Å². The van der Waals surface area contributed by atoms with Crippen LogP contribution in [0.4, 0.5) is 10.9 Å². The largest absolute Gasteiger partial charge is 0.465 e. The molecule has 8 nitrogen and oxygen atoms in total. The number of aromatic nitrogens is 3. The number of β-amino-alcohol motifs (C(OH)–C–C–N with tert-alkyl or cyclic N) is 1. The molecule has 1 atom stereocenters. The Morgan fingerprint density at radius 2 is 2.07 bits per heavy atom. The van der Waals surface area contributed by atoms with Gasteiger partial charge in [-0.05, 0) is 43.7 Å². The number of rotatable bonds is 3. The van der Waals surface area contributed by atoms with Gasteiger partial charge in [-0.25, -0.2) is 9.78 Å². The molecule has 0 bridgehead atoms. The number of hydrogen-bond donors (Lipinski definition) is 1. The fourth-order valence-corrected chi connectivity index (χ4v) is 4.99. The molecule has 1 unspecified atom stereocenters. The zero-order valence-corrected chi connectivity index (χ0v) is 17.0. The van der Waals surface area contributed by atoms with Gasteiger partial charge in [-0.1, -0.05) is 11.3 Å². The first-order valence-corrected chi connectivity index (χ1v) is 10.3. The summed E-state index contributed by atoms with van der Waals surface area (Å²) >= 11 is 1.58. The number of hydrogen-bond acceptors (Lipinski definition) is 9. The number of ether oxygens (including phenoxy) is 1. The summed E-state index contributed by atoms with van der Waals surface area (Å²) < 4.78 is 4.73. The van der Waals surface area contributed by atoms with Gasteiger partial charge in [0.2, 0.25) is 5.13 Å². The number of pyridine rings is 1. The van der Waals surface area contributed by atoms with Crippen molar-refractivity contribution in [3.63, 3.8) is 0 Å². The average molecular weight is 404 g/mol. The molecular weight excluding hydrogens is 378 g/mol. The predicted octanol–water partition coefficient (Wildman–Crippen LogP) is 1.89. The molecule has 2 aromatic rings. The van der Waals surface area contributed by atoms with E-state index in [1.54, 1.807) is 23.6 Å². The van der Waals surface area contributed by atoms with E-state index < -0.39 is 0 Å². The topological polar surface area (TPSA) is 91.7 Å². The summed E-state index contributed by atoms with van der Waals surface area (Å²) in [6.07, 6.45) is 4.01. The monoisotopic (exact) mass is 403 g/mol. The number of methoxy groups -OCH3 is 1. The fourth-order valence-electron chi connectivity index (χ4n) is 4.30. The Balaban J connectivity index is 1.43. The average Bonchev–Trinajstić information content (AvgIpc) is 3.14. The van der Waals surface area contributed by atoms with Crippen molar-refractivity contribution in [2.24, 2.45) is 5.41 Å². The van der Waals surface area contributed by atoms with Gasteiger partial charge in [0.05, 0.1) is 18.8 Å². The van der Waals surface area contributed by atoms with Crippen LogP contribution in [0.25, 0.3) is 0 Å². The van der Waals surface area contributed by atoms with Crippen LogP contribution < -0.4 is 9.80 Å². The lowest BCUT2D eigenvalue weighted by Gasteiger charge is -2.49. The highest BCUT2D eigenvalue weighted by Crippen LogP contribution is 2.42. The number of aliphatic hydroxyl groups excluding tert-OH is 1. The molecule has 2 fully saturated rings. The van der Waals surface area contributed by atoms with Gasteiger partial charge in [0.25, 0.3) is 0 Å². The van der Waals surface area contributed by atoms with E-state index in [2.05, 4.69) is 25.0 Å². The molecule has 0 amide bonds. The van der Waals surface area contributed by atoms with E-state index in [-0.39, 0.29) is 17.5 Å². The molecule has 150 valence electrons. The Hall–Kier alpha value is -2.26. The van der Waals surface area contributed by atoms with Crippen LogP contribution in [0.3, 0.4) is 0 Å². The van der Waals surface area contributed by atoms with Crippen LogP contribution in [0.2, 0.25) is 0 Å². The molecule has 2 saturated heterocycles. The van der Waals surface area contributed by atoms with E-state index in [1.807, 2.05) is 13.0 Å². The van der Waals surface area contributed by atoms with E-state index >= 15 is 0 Å². The molecule has 1 spiro atoms. The second kappa shape index (κ2) is 7.63. The van der Waals surface area contributed by atoms with Crippen LogP contribution >= 0.6 is 11.3 Å². The van der Waals surface area contributed by atoms with Crippen molar-refractivity contribution in [1.29, 1.82) is 0 Å². The molecule has 4 heterocycles. The van der Waals surface area contributed by atoms with Gasteiger partial charge >= 0.3 is 5.97 Å². The van der Waals surface area contributed by atoms with Gasteiger partial charge in [0.1, 0.15) is 10.8 Å². The van der Waals surface area contributed by atoms with E-state index in [0.29, 0.717) is 12.1 Å². The van der Waals surface area contributed by atoms with E-state index in [1.165, 1.54) is 7.11 Å². The minimum Gasteiger partial charge on any atom is -0.465 e. The Kier molecular flexibility index (Phi) is 5.20. The minimum atomic E-state index is -0.375. The number of carbonyl (C=O) groups is 1. The Bertz CT molecular complexity index is 832. The number of aliphatic hydroxyl groups is 1. The van der Waals surface area contributed by atoms with Crippen LogP contribution in [0.5, 0.6) is 0 Å². The first-order chi connectivity index (χ1) is 13.5. The maximum Gasteiger partial charge on any atom is 0.339 e. The van der Waals surface area contributed by atoms with Crippen molar-refractivity contribution in [1.82, 2.24) is 15.2 Å². The second-order valence-electron chi connectivity index (χ2n) is 7.73. The van der Waals surface area contributed by atoms with Crippen molar-refractivity contribution in [2.45, 2.75) is 32.3 Å². The number of nitrogens with zero attached hydrogens (tertiary/aromatic N) is 5. The quantitative estimate of drug-likeness (QED) is 0.777. The first kappa shape index (κ1) is 19.1. The minimum absolute atomic E-state index is 0.0830. The van der Waals surface area contributed by atoms with Gasteiger partial charge in [-0.3, -0.25) is 0 Å². The number of piperidine rings is 2. The third-order valence-corrected chi connectivity index (χ3v) is 6.63. The van der Waals surface area contributed by atoms with Crippen LogP contribution in [0.15, 0.2) is 18.3 Å². The van der Waals surface area contributed by atoms with Crippen molar-refractivity contribution in [3.05, 3.63) is 28.9 Å². The number of esters is 1. The standard InChI is InChI=1S/C19H25N5O3S/c1-13-21-22-18(28-13)24-11-15(25)9-19(12-24)5-7-23(8-6-19)16-4-3-14(10-20-16)17(26)27-2/h3-4,10,15,25H,5-9,11-12H2,1-2H3. The van der Waals surface area contributed by atoms with Gasteiger partial charge in [-0.15, -0.1) is 10.2 Å².